The third-order valence-electron chi connectivity index (χ3n) is 3.96. The summed E-state index contributed by atoms with van der Waals surface area (Å²) in [6, 6.07) is 9.64. The average Bonchev–Trinajstić information content (AvgIpc) is 3.26. The minimum absolute atomic E-state index is 0.0670. The highest BCUT2D eigenvalue weighted by Crippen LogP contribution is 2.17. The van der Waals surface area contributed by atoms with Crippen molar-refractivity contribution in [3.05, 3.63) is 52.0 Å². The molecule has 1 aromatic carbocycles. The van der Waals surface area contributed by atoms with Crippen molar-refractivity contribution in [2.24, 2.45) is 0 Å². The van der Waals surface area contributed by atoms with Gasteiger partial charge in [0.1, 0.15) is 5.69 Å². The molecule has 1 fully saturated rings. The van der Waals surface area contributed by atoms with Crippen LogP contribution in [0, 0.1) is 0 Å². The van der Waals surface area contributed by atoms with E-state index in [1.807, 2.05) is 37.3 Å². The Balaban J connectivity index is 1.65. The van der Waals surface area contributed by atoms with Crippen molar-refractivity contribution in [3.8, 4) is 0 Å². The third kappa shape index (κ3) is 3.59. The highest BCUT2D eigenvalue weighted by atomic mass is 32.1. The molecule has 2 heterocycles. The van der Waals surface area contributed by atoms with Gasteiger partial charge in [-0.15, -0.1) is 11.3 Å². The maximum Gasteiger partial charge on any atom is 0.282 e. The van der Waals surface area contributed by atoms with Crippen LogP contribution in [0.5, 0.6) is 0 Å². The normalized spacial score (nSPS) is 15.4. The molecule has 1 atom stereocenters. The molecule has 1 aliphatic rings. The lowest BCUT2D eigenvalue weighted by molar-refractivity contribution is 0.0792. The number of amides is 2. The van der Waals surface area contributed by atoms with Gasteiger partial charge in [0.05, 0.1) is 6.04 Å². The van der Waals surface area contributed by atoms with Gasteiger partial charge in [0.15, 0.2) is 5.01 Å². The number of aromatic nitrogens is 1. The van der Waals surface area contributed by atoms with Gasteiger partial charge in [0, 0.05) is 18.5 Å². The number of likely N-dealkylation sites (tertiary alicyclic amines) is 1. The van der Waals surface area contributed by atoms with Crippen molar-refractivity contribution in [1.29, 1.82) is 0 Å². The fourth-order valence-electron chi connectivity index (χ4n) is 2.63. The predicted octanol–water partition coefficient (Wildman–Crippen LogP) is 2.87. The first-order valence-electron chi connectivity index (χ1n) is 7.76. The van der Waals surface area contributed by atoms with Gasteiger partial charge >= 0.3 is 0 Å². The molecule has 0 saturated carbocycles. The Morgan fingerprint density at radius 3 is 2.61 bits per heavy atom. The molecule has 1 saturated heterocycles. The maximum atomic E-state index is 12.3. The minimum Gasteiger partial charge on any atom is -0.344 e. The van der Waals surface area contributed by atoms with Crippen LogP contribution in [-0.4, -0.2) is 34.8 Å². The number of hydrogen-bond donors (Lipinski definition) is 1. The molecule has 0 radical (unpaired) electrons. The van der Waals surface area contributed by atoms with Crippen molar-refractivity contribution in [1.82, 2.24) is 15.2 Å². The fraction of sp³-hybridized carbons (Fsp3) is 0.353. The number of nitrogens with one attached hydrogen (secondary N) is 1. The van der Waals surface area contributed by atoms with E-state index in [0.717, 1.165) is 31.5 Å². The molecule has 0 bridgehead atoms. The van der Waals surface area contributed by atoms with Crippen LogP contribution in [0.4, 0.5) is 0 Å². The lowest BCUT2D eigenvalue weighted by Gasteiger charge is -2.13. The molecule has 5 nitrogen and oxygen atoms in total. The van der Waals surface area contributed by atoms with E-state index in [2.05, 4.69) is 10.3 Å². The summed E-state index contributed by atoms with van der Waals surface area (Å²) >= 11 is 1.23. The van der Waals surface area contributed by atoms with E-state index in [1.54, 1.807) is 10.3 Å². The summed E-state index contributed by atoms with van der Waals surface area (Å²) in [5.74, 6) is -0.319. The number of rotatable bonds is 4. The Kier molecular flexibility index (Phi) is 4.71. The summed E-state index contributed by atoms with van der Waals surface area (Å²) in [6.45, 7) is 3.49. The summed E-state index contributed by atoms with van der Waals surface area (Å²) in [7, 11) is 0. The Labute approximate surface area is 139 Å². The van der Waals surface area contributed by atoms with Gasteiger partial charge in [-0.1, -0.05) is 30.3 Å². The monoisotopic (exact) mass is 329 g/mol. The van der Waals surface area contributed by atoms with E-state index in [0.29, 0.717) is 10.7 Å². The van der Waals surface area contributed by atoms with Gasteiger partial charge in [0.25, 0.3) is 11.8 Å². The molecule has 0 spiro atoms. The SMILES string of the molecule is CC(NC(=O)c1csc(C(=O)N2CCCC2)n1)c1ccccc1. The second-order valence-electron chi connectivity index (χ2n) is 5.64. The first kappa shape index (κ1) is 15.7. The molecule has 2 amide bonds. The molecule has 0 aliphatic carbocycles. The molecular formula is C17H19N3O2S. The summed E-state index contributed by atoms with van der Waals surface area (Å²) in [6.07, 6.45) is 2.08. The zero-order valence-corrected chi connectivity index (χ0v) is 13.8. The van der Waals surface area contributed by atoms with Gasteiger partial charge in [-0.25, -0.2) is 4.98 Å². The van der Waals surface area contributed by atoms with Crippen molar-refractivity contribution in [2.75, 3.05) is 13.1 Å². The quantitative estimate of drug-likeness (QED) is 0.938. The second kappa shape index (κ2) is 6.91. The zero-order valence-electron chi connectivity index (χ0n) is 13.0. The van der Waals surface area contributed by atoms with Crippen LogP contribution in [-0.2, 0) is 0 Å². The second-order valence-corrected chi connectivity index (χ2v) is 6.50. The average molecular weight is 329 g/mol. The molecule has 1 N–H and O–H groups in total. The van der Waals surface area contributed by atoms with Crippen molar-refractivity contribution >= 4 is 23.2 Å². The smallest absolute Gasteiger partial charge is 0.282 e. The number of thiazole rings is 1. The van der Waals surface area contributed by atoms with Crippen molar-refractivity contribution in [2.45, 2.75) is 25.8 Å². The standard InChI is InChI=1S/C17H19N3O2S/c1-12(13-7-3-2-4-8-13)18-15(21)14-11-23-16(19-14)17(22)20-9-5-6-10-20/h2-4,7-8,11-12H,5-6,9-10H2,1H3,(H,18,21). The highest BCUT2D eigenvalue weighted by Gasteiger charge is 2.23. The van der Waals surface area contributed by atoms with E-state index in [-0.39, 0.29) is 17.9 Å². The maximum absolute atomic E-state index is 12.3. The predicted molar refractivity (Wildman–Crippen MR) is 89.6 cm³/mol. The van der Waals surface area contributed by atoms with Crippen molar-refractivity contribution < 1.29 is 9.59 Å². The lowest BCUT2D eigenvalue weighted by Crippen LogP contribution is -2.29. The fourth-order valence-corrected chi connectivity index (χ4v) is 3.39. The first-order chi connectivity index (χ1) is 11.1. The number of nitrogens with zero attached hydrogens (tertiary/aromatic N) is 2. The number of carbonyl (C=O) groups excluding carboxylic acids is 2. The molecule has 6 heteroatoms. The van der Waals surface area contributed by atoms with Crippen LogP contribution in [0.2, 0.25) is 0 Å². The molecule has 1 aromatic heterocycles. The van der Waals surface area contributed by atoms with Crippen LogP contribution in [0.1, 0.15) is 51.7 Å². The highest BCUT2D eigenvalue weighted by molar-refractivity contribution is 7.11. The molecule has 23 heavy (non-hydrogen) atoms. The Hall–Kier alpha value is -2.21. The minimum atomic E-state index is -0.252. The van der Waals surface area contributed by atoms with E-state index < -0.39 is 0 Å². The Bertz CT molecular complexity index is 693. The van der Waals surface area contributed by atoms with Crippen LogP contribution >= 0.6 is 11.3 Å². The number of hydrogen-bond acceptors (Lipinski definition) is 4. The van der Waals surface area contributed by atoms with Crippen LogP contribution < -0.4 is 5.32 Å². The molecule has 2 aromatic rings. The van der Waals surface area contributed by atoms with Crippen molar-refractivity contribution in [3.63, 3.8) is 0 Å². The molecular weight excluding hydrogens is 310 g/mol. The Morgan fingerprint density at radius 2 is 1.91 bits per heavy atom. The van der Waals surface area contributed by atoms with Gasteiger partial charge in [0.2, 0.25) is 0 Å². The molecule has 3 rings (SSSR count). The van der Waals surface area contributed by atoms with E-state index in [1.165, 1.54) is 11.3 Å². The molecule has 1 unspecified atom stereocenters. The lowest BCUT2D eigenvalue weighted by atomic mass is 10.1. The topological polar surface area (TPSA) is 62.3 Å². The van der Waals surface area contributed by atoms with Crippen LogP contribution in [0.3, 0.4) is 0 Å². The summed E-state index contributed by atoms with van der Waals surface area (Å²) in [5.41, 5.74) is 1.34. The number of carbonyl (C=O) groups is 2. The van der Waals surface area contributed by atoms with Crippen LogP contribution in [0.15, 0.2) is 35.7 Å². The third-order valence-corrected chi connectivity index (χ3v) is 4.79. The van der Waals surface area contributed by atoms with Gasteiger partial charge in [-0.2, -0.15) is 0 Å². The van der Waals surface area contributed by atoms with Gasteiger partial charge in [-0.3, -0.25) is 9.59 Å². The first-order valence-corrected chi connectivity index (χ1v) is 8.64. The van der Waals surface area contributed by atoms with E-state index >= 15 is 0 Å². The summed E-state index contributed by atoms with van der Waals surface area (Å²) in [4.78, 5) is 30.6. The van der Waals surface area contributed by atoms with Crippen LogP contribution in [0.25, 0.3) is 0 Å². The van der Waals surface area contributed by atoms with Gasteiger partial charge in [-0.05, 0) is 25.3 Å². The zero-order chi connectivity index (χ0) is 16.2. The summed E-state index contributed by atoms with van der Waals surface area (Å²) < 4.78 is 0. The number of benzene rings is 1. The Morgan fingerprint density at radius 1 is 1.22 bits per heavy atom. The van der Waals surface area contributed by atoms with Gasteiger partial charge < -0.3 is 10.2 Å². The molecule has 1 aliphatic heterocycles. The summed E-state index contributed by atoms with van der Waals surface area (Å²) in [5, 5.41) is 4.96. The largest absolute Gasteiger partial charge is 0.344 e. The van der Waals surface area contributed by atoms with E-state index in [4.69, 9.17) is 0 Å². The molecule has 120 valence electrons. The van der Waals surface area contributed by atoms with E-state index in [9.17, 15) is 9.59 Å².